The lowest BCUT2D eigenvalue weighted by Gasteiger charge is -2.27. The Hall–Kier alpha value is -4.50. The molecule has 9 nitrogen and oxygen atoms in total. The molecule has 3 aromatic carbocycles. The summed E-state index contributed by atoms with van der Waals surface area (Å²) < 4.78 is 5.12. The number of hydrogen-bond acceptors (Lipinski definition) is 6. The third kappa shape index (κ3) is 4.36. The number of amides is 4. The van der Waals surface area contributed by atoms with Gasteiger partial charge in [0.2, 0.25) is 5.60 Å². The predicted octanol–water partition coefficient (Wildman–Crippen LogP) is 1.96. The van der Waals surface area contributed by atoms with Gasteiger partial charge in [-0.05, 0) is 23.6 Å². The molecule has 3 N–H and O–H groups in total. The van der Waals surface area contributed by atoms with Crippen LogP contribution in [-0.4, -0.2) is 40.5 Å². The summed E-state index contributed by atoms with van der Waals surface area (Å²) in [5.41, 5.74) is -0.332. The Kier molecular flexibility index (Phi) is 6.35. The molecule has 4 amide bonds. The summed E-state index contributed by atoms with van der Waals surface area (Å²) in [6, 6.07) is 24.1. The second kappa shape index (κ2) is 9.40. The second-order valence-corrected chi connectivity index (χ2v) is 8.12. The topological polar surface area (TPSA) is 125 Å². The van der Waals surface area contributed by atoms with Crippen molar-refractivity contribution >= 4 is 23.8 Å². The fraction of sp³-hybridized carbons (Fsp3) is 0.154. The molecule has 0 spiro atoms. The maximum atomic E-state index is 13.0. The van der Waals surface area contributed by atoms with Crippen molar-refractivity contribution in [1.82, 2.24) is 15.8 Å². The molecule has 1 fully saturated rings. The number of nitrogens with one attached hydrogen (secondary N) is 2. The summed E-state index contributed by atoms with van der Waals surface area (Å²) in [6.07, 6.45) is 0. The van der Waals surface area contributed by atoms with Crippen LogP contribution in [0.15, 0.2) is 91.0 Å². The highest BCUT2D eigenvalue weighted by atomic mass is 16.6. The van der Waals surface area contributed by atoms with E-state index in [-0.39, 0.29) is 11.1 Å². The summed E-state index contributed by atoms with van der Waals surface area (Å²) in [5.74, 6) is -2.71. The third-order valence-corrected chi connectivity index (χ3v) is 5.79. The van der Waals surface area contributed by atoms with E-state index in [1.807, 2.05) is 0 Å². The van der Waals surface area contributed by atoms with Gasteiger partial charge in [-0.25, -0.2) is 9.59 Å². The first-order valence-electron chi connectivity index (χ1n) is 10.8. The summed E-state index contributed by atoms with van der Waals surface area (Å²) in [5, 5.41) is 14.5. The standard InChI is InChI=1S/C26H23N3O6/c1-25(18-11-5-2-6-12-18)22(31)29(24(33)27-25)28-21(30)17-35-23(32)26(34,19-13-7-3-8-14-19)20-15-9-4-10-16-20/h2-16,34H,17H2,1H3,(H,27,33)(H,28,30)/t25-/m0/s1. The number of nitrogens with zero attached hydrogens (tertiary/aromatic N) is 1. The maximum absolute atomic E-state index is 13.0. The van der Waals surface area contributed by atoms with Crippen LogP contribution >= 0.6 is 0 Å². The molecule has 1 aliphatic heterocycles. The molecular formula is C26H23N3O6. The largest absolute Gasteiger partial charge is 0.453 e. The predicted molar refractivity (Wildman–Crippen MR) is 124 cm³/mol. The third-order valence-electron chi connectivity index (χ3n) is 5.79. The van der Waals surface area contributed by atoms with E-state index in [1.54, 1.807) is 91.0 Å². The molecule has 0 radical (unpaired) electrons. The normalized spacial score (nSPS) is 17.6. The molecule has 0 unspecified atom stereocenters. The lowest BCUT2D eigenvalue weighted by molar-refractivity contribution is -0.165. The Morgan fingerprint density at radius 1 is 0.914 bits per heavy atom. The van der Waals surface area contributed by atoms with E-state index >= 15 is 0 Å². The van der Waals surface area contributed by atoms with Crippen LogP contribution in [0.1, 0.15) is 23.6 Å². The van der Waals surface area contributed by atoms with E-state index in [9.17, 15) is 24.3 Å². The van der Waals surface area contributed by atoms with Gasteiger partial charge in [0.15, 0.2) is 6.61 Å². The highest BCUT2D eigenvalue weighted by molar-refractivity contribution is 6.08. The van der Waals surface area contributed by atoms with Crippen molar-refractivity contribution in [2.45, 2.75) is 18.1 Å². The van der Waals surface area contributed by atoms with Crippen LogP contribution in [0, 0.1) is 0 Å². The van der Waals surface area contributed by atoms with Gasteiger partial charge in [0.05, 0.1) is 0 Å². The molecule has 1 aliphatic rings. The van der Waals surface area contributed by atoms with Crippen LogP contribution < -0.4 is 10.7 Å². The fourth-order valence-electron chi connectivity index (χ4n) is 3.86. The molecule has 0 bridgehead atoms. The minimum atomic E-state index is -2.17. The van der Waals surface area contributed by atoms with Gasteiger partial charge >= 0.3 is 12.0 Å². The molecule has 3 aromatic rings. The molecule has 1 heterocycles. The van der Waals surface area contributed by atoms with Gasteiger partial charge in [0, 0.05) is 0 Å². The lowest BCUT2D eigenvalue weighted by Crippen LogP contribution is -2.49. The van der Waals surface area contributed by atoms with Crippen molar-refractivity contribution in [1.29, 1.82) is 0 Å². The van der Waals surface area contributed by atoms with Crippen molar-refractivity contribution < 1.29 is 29.0 Å². The molecule has 9 heteroatoms. The van der Waals surface area contributed by atoms with E-state index in [1.165, 1.54) is 6.92 Å². The van der Waals surface area contributed by atoms with Crippen LogP contribution in [0.3, 0.4) is 0 Å². The second-order valence-electron chi connectivity index (χ2n) is 8.12. The number of carbonyl (C=O) groups excluding carboxylic acids is 4. The number of aliphatic hydroxyl groups is 1. The van der Waals surface area contributed by atoms with E-state index < -0.39 is 41.6 Å². The van der Waals surface area contributed by atoms with Crippen molar-refractivity contribution in [2.75, 3.05) is 6.61 Å². The molecule has 0 aliphatic carbocycles. The molecule has 178 valence electrons. The summed E-state index contributed by atoms with van der Waals surface area (Å²) >= 11 is 0. The smallest absolute Gasteiger partial charge is 0.348 e. The number of carbonyl (C=O) groups is 4. The minimum absolute atomic E-state index is 0.254. The Bertz CT molecular complexity index is 1210. The van der Waals surface area contributed by atoms with Gasteiger partial charge < -0.3 is 15.2 Å². The number of esters is 1. The summed E-state index contributed by atoms with van der Waals surface area (Å²) in [7, 11) is 0. The number of ether oxygens (including phenoxy) is 1. The van der Waals surface area contributed by atoms with Crippen molar-refractivity contribution in [3.05, 3.63) is 108 Å². The van der Waals surface area contributed by atoms with Crippen LogP contribution in [0.4, 0.5) is 4.79 Å². The van der Waals surface area contributed by atoms with Gasteiger partial charge in [-0.15, -0.1) is 0 Å². The molecule has 0 aromatic heterocycles. The number of rotatable bonds is 7. The SMILES string of the molecule is C[C@@]1(c2ccccc2)NC(=O)N(NC(=O)COC(=O)C(O)(c2ccccc2)c2ccccc2)C1=O. The van der Waals surface area contributed by atoms with Gasteiger partial charge in [-0.3, -0.25) is 15.0 Å². The highest BCUT2D eigenvalue weighted by Gasteiger charge is 2.50. The number of hydrogen-bond donors (Lipinski definition) is 3. The van der Waals surface area contributed by atoms with E-state index in [0.29, 0.717) is 10.6 Å². The van der Waals surface area contributed by atoms with Crippen molar-refractivity contribution in [2.24, 2.45) is 0 Å². The maximum Gasteiger partial charge on any atom is 0.348 e. The zero-order valence-electron chi connectivity index (χ0n) is 18.8. The molecule has 1 saturated heterocycles. The quantitative estimate of drug-likeness (QED) is 0.356. The zero-order chi connectivity index (χ0) is 25.1. The summed E-state index contributed by atoms with van der Waals surface area (Å²) in [6.45, 7) is 0.689. The Balaban J connectivity index is 1.47. The van der Waals surface area contributed by atoms with Gasteiger partial charge in [-0.1, -0.05) is 91.0 Å². The summed E-state index contributed by atoms with van der Waals surface area (Å²) in [4.78, 5) is 50.8. The lowest BCUT2D eigenvalue weighted by atomic mass is 9.86. The Labute approximate surface area is 201 Å². The average molecular weight is 473 g/mol. The molecule has 35 heavy (non-hydrogen) atoms. The van der Waals surface area contributed by atoms with Crippen molar-refractivity contribution in [3.63, 3.8) is 0 Å². The van der Waals surface area contributed by atoms with Crippen LogP contribution in [0.2, 0.25) is 0 Å². The molecular weight excluding hydrogens is 450 g/mol. The fourth-order valence-corrected chi connectivity index (χ4v) is 3.86. The van der Waals surface area contributed by atoms with Gasteiger partial charge in [0.25, 0.3) is 11.8 Å². The van der Waals surface area contributed by atoms with Gasteiger partial charge in [-0.2, -0.15) is 5.01 Å². The van der Waals surface area contributed by atoms with Crippen LogP contribution in [-0.2, 0) is 30.3 Å². The number of benzene rings is 3. The number of imide groups is 1. The first kappa shape index (κ1) is 23.7. The van der Waals surface area contributed by atoms with Crippen LogP contribution in [0.5, 0.6) is 0 Å². The highest BCUT2D eigenvalue weighted by Crippen LogP contribution is 2.31. The monoisotopic (exact) mass is 473 g/mol. The zero-order valence-corrected chi connectivity index (χ0v) is 18.8. The van der Waals surface area contributed by atoms with Gasteiger partial charge in [0.1, 0.15) is 5.54 Å². The number of urea groups is 1. The van der Waals surface area contributed by atoms with E-state index in [0.717, 1.165) is 0 Å². The average Bonchev–Trinajstić information content (AvgIpc) is 3.12. The first-order chi connectivity index (χ1) is 16.8. The molecule has 1 atom stereocenters. The molecule has 0 saturated carbocycles. The van der Waals surface area contributed by atoms with E-state index in [4.69, 9.17) is 4.74 Å². The minimum Gasteiger partial charge on any atom is -0.453 e. The first-order valence-corrected chi connectivity index (χ1v) is 10.8. The van der Waals surface area contributed by atoms with Crippen molar-refractivity contribution in [3.8, 4) is 0 Å². The Morgan fingerprint density at radius 3 is 1.91 bits per heavy atom. The Morgan fingerprint density at radius 2 is 1.40 bits per heavy atom. The van der Waals surface area contributed by atoms with Crippen LogP contribution in [0.25, 0.3) is 0 Å². The molecule has 4 rings (SSSR count). The number of hydrazine groups is 1. The van der Waals surface area contributed by atoms with E-state index in [2.05, 4.69) is 10.7 Å².